The first-order chi connectivity index (χ1) is 14.3. The van der Waals surface area contributed by atoms with Gasteiger partial charge in [0, 0.05) is 23.8 Å². The zero-order chi connectivity index (χ0) is 22.1. The maximum atomic E-state index is 12.8. The van der Waals surface area contributed by atoms with E-state index in [-0.39, 0.29) is 18.0 Å². The molecule has 156 valence electrons. The van der Waals surface area contributed by atoms with Gasteiger partial charge in [0.2, 0.25) is 6.10 Å². The number of nitrogens with zero attached hydrogens (tertiary/aromatic N) is 1. The van der Waals surface area contributed by atoms with Gasteiger partial charge in [-0.1, -0.05) is 36.4 Å². The van der Waals surface area contributed by atoms with Gasteiger partial charge >= 0.3 is 11.9 Å². The van der Waals surface area contributed by atoms with E-state index >= 15 is 0 Å². The van der Waals surface area contributed by atoms with E-state index in [1.807, 2.05) is 0 Å². The monoisotopic (exact) mass is 412 g/mol. The number of amides is 1. The fourth-order valence-electron chi connectivity index (χ4n) is 2.48. The summed E-state index contributed by atoms with van der Waals surface area (Å²) in [6.07, 6.45) is 0.332. The molecule has 0 spiro atoms. The first-order valence-corrected chi connectivity index (χ1v) is 8.98. The molecular weight excluding hydrogens is 392 g/mol. The summed E-state index contributed by atoms with van der Waals surface area (Å²) in [5.74, 6) is -2.47. The molecule has 30 heavy (non-hydrogen) atoms. The summed E-state index contributed by atoms with van der Waals surface area (Å²) >= 11 is 0. The number of hydrogen-bond acceptors (Lipinski definition) is 7. The third-order valence-corrected chi connectivity index (χ3v) is 3.82. The number of hydrogen-bond donors (Lipinski definition) is 1. The summed E-state index contributed by atoms with van der Waals surface area (Å²) in [4.78, 5) is 47.0. The molecule has 0 aliphatic heterocycles. The Bertz CT molecular complexity index is 971. The smallest absolute Gasteiger partial charge is 0.332 e. The van der Waals surface area contributed by atoms with Crippen LogP contribution in [0.15, 0.2) is 60.7 Å². The zero-order valence-corrected chi connectivity index (χ0v) is 16.4. The highest BCUT2D eigenvalue weighted by Crippen LogP contribution is 2.27. The largest absolute Gasteiger partial charge is 0.463 e. The second kappa shape index (κ2) is 10.5. The second-order valence-electron chi connectivity index (χ2n) is 6.08. The van der Waals surface area contributed by atoms with Crippen molar-refractivity contribution < 1.29 is 28.8 Å². The predicted molar refractivity (Wildman–Crippen MR) is 108 cm³/mol. The number of ether oxygens (including phenoxy) is 2. The number of aryl methyl sites for hydroxylation is 1. The van der Waals surface area contributed by atoms with Crippen molar-refractivity contribution in [3.05, 3.63) is 81.9 Å². The SMILES string of the molecule is CCOC(=O)/C=C/C(=O)O[C@@H](C(=O)Nc1ccc(C)cc1[N+](=O)[O-])c1ccccc1. The fourth-order valence-corrected chi connectivity index (χ4v) is 2.48. The van der Waals surface area contributed by atoms with Gasteiger partial charge in [0.1, 0.15) is 5.69 Å². The Morgan fingerprint density at radius 2 is 1.77 bits per heavy atom. The van der Waals surface area contributed by atoms with E-state index in [1.165, 1.54) is 12.1 Å². The average Bonchev–Trinajstić information content (AvgIpc) is 2.72. The van der Waals surface area contributed by atoms with Gasteiger partial charge in [-0.05, 0) is 25.5 Å². The normalized spacial score (nSPS) is 11.5. The molecule has 0 aromatic heterocycles. The molecule has 2 aromatic carbocycles. The van der Waals surface area contributed by atoms with Crippen molar-refractivity contribution in [2.75, 3.05) is 11.9 Å². The molecule has 0 aliphatic rings. The maximum Gasteiger partial charge on any atom is 0.332 e. The zero-order valence-electron chi connectivity index (χ0n) is 16.4. The van der Waals surface area contributed by atoms with E-state index in [2.05, 4.69) is 10.1 Å². The van der Waals surface area contributed by atoms with Gasteiger partial charge in [-0.3, -0.25) is 14.9 Å². The fraction of sp³-hybridized carbons (Fsp3) is 0.190. The van der Waals surface area contributed by atoms with Crippen LogP contribution < -0.4 is 5.32 Å². The van der Waals surface area contributed by atoms with Crippen molar-refractivity contribution in [1.82, 2.24) is 0 Å². The molecule has 0 aliphatic carbocycles. The van der Waals surface area contributed by atoms with Gasteiger partial charge in [0.25, 0.3) is 11.6 Å². The Balaban J connectivity index is 2.26. The van der Waals surface area contributed by atoms with Crippen LogP contribution in [0.2, 0.25) is 0 Å². The molecule has 2 rings (SSSR count). The minimum absolute atomic E-state index is 0.0327. The topological polar surface area (TPSA) is 125 Å². The Kier molecular flexibility index (Phi) is 7.81. The lowest BCUT2D eigenvalue weighted by Crippen LogP contribution is -2.25. The van der Waals surface area contributed by atoms with Gasteiger partial charge in [0.05, 0.1) is 11.5 Å². The molecule has 1 amide bonds. The number of carbonyl (C=O) groups excluding carboxylic acids is 3. The van der Waals surface area contributed by atoms with Crippen molar-refractivity contribution in [1.29, 1.82) is 0 Å². The van der Waals surface area contributed by atoms with E-state index < -0.39 is 28.9 Å². The summed E-state index contributed by atoms with van der Waals surface area (Å²) < 4.78 is 9.88. The lowest BCUT2D eigenvalue weighted by molar-refractivity contribution is -0.384. The molecule has 1 atom stereocenters. The predicted octanol–water partition coefficient (Wildman–Crippen LogP) is 3.25. The van der Waals surface area contributed by atoms with E-state index in [0.29, 0.717) is 11.1 Å². The maximum absolute atomic E-state index is 12.8. The summed E-state index contributed by atoms with van der Waals surface area (Å²) in [7, 11) is 0. The van der Waals surface area contributed by atoms with Crippen molar-refractivity contribution in [3.8, 4) is 0 Å². The molecule has 1 N–H and O–H groups in total. The van der Waals surface area contributed by atoms with Crippen LogP contribution in [-0.2, 0) is 23.9 Å². The number of esters is 2. The number of rotatable bonds is 8. The highest BCUT2D eigenvalue weighted by molar-refractivity contribution is 5.99. The van der Waals surface area contributed by atoms with E-state index in [0.717, 1.165) is 12.2 Å². The number of nitro benzene ring substituents is 1. The van der Waals surface area contributed by atoms with Crippen molar-refractivity contribution in [3.63, 3.8) is 0 Å². The number of carbonyl (C=O) groups is 3. The minimum atomic E-state index is -1.40. The first kappa shape index (κ1) is 22.3. The summed E-state index contributed by atoms with van der Waals surface area (Å²) in [5, 5.41) is 13.7. The standard InChI is InChI=1S/C21H20N2O7/c1-3-29-18(24)11-12-19(25)30-20(15-7-5-4-6-8-15)21(26)22-16-10-9-14(2)13-17(16)23(27)28/h4-13,20H,3H2,1-2H3,(H,22,26)/b12-11+/t20-/m1/s1. The molecule has 2 aromatic rings. The molecule has 0 saturated heterocycles. The summed E-state index contributed by atoms with van der Waals surface area (Å²) in [5.41, 5.74) is 0.677. The van der Waals surface area contributed by atoms with Crippen LogP contribution in [-0.4, -0.2) is 29.4 Å². The first-order valence-electron chi connectivity index (χ1n) is 8.98. The highest BCUT2D eigenvalue weighted by atomic mass is 16.6. The van der Waals surface area contributed by atoms with Crippen LogP contribution in [0.1, 0.15) is 24.2 Å². The van der Waals surface area contributed by atoms with Gasteiger partial charge in [-0.2, -0.15) is 0 Å². The molecule has 9 nitrogen and oxygen atoms in total. The highest BCUT2D eigenvalue weighted by Gasteiger charge is 2.26. The van der Waals surface area contributed by atoms with Gasteiger partial charge in [-0.15, -0.1) is 0 Å². The Morgan fingerprint density at radius 1 is 1.10 bits per heavy atom. The number of benzene rings is 2. The molecule has 0 radical (unpaired) electrons. The molecular formula is C21H20N2O7. The Labute approximate surface area is 172 Å². The average molecular weight is 412 g/mol. The lowest BCUT2D eigenvalue weighted by atomic mass is 10.1. The van der Waals surface area contributed by atoms with E-state index in [9.17, 15) is 24.5 Å². The van der Waals surface area contributed by atoms with Gasteiger partial charge in [0.15, 0.2) is 0 Å². The number of nitrogens with one attached hydrogen (secondary N) is 1. The molecule has 0 saturated carbocycles. The van der Waals surface area contributed by atoms with Crippen molar-refractivity contribution >= 4 is 29.2 Å². The van der Waals surface area contributed by atoms with E-state index in [1.54, 1.807) is 50.2 Å². The molecule has 0 fully saturated rings. The van der Waals surface area contributed by atoms with Crippen LogP contribution >= 0.6 is 0 Å². The third kappa shape index (κ3) is 6.26. The van der Waals surface area contributed by atoms with Crippen LogP contribution in [0.25, 0.3) is 0 Å². The Morgan fingerprint density at radius 3 is 2.40 bits per heavy atom. The summed E-state index contributed by atoms with van der Waals surface area (Å²) in [6.45, 7) is 3.44. The van der Waals surface area contributed by atoms with Crippen LogP contribution in [0.3, 0.4) is 0 Å². The van der Waals surface area contributed by atoms with Crippen molar-refractivity contribution in [2.24, 2.45) is 0 Å². The molecule has 9 heteroatoms. The molecule has 0 heterocycles. The van der Waals surface area contributed by atoms with E-state index in [4.69, 9.17) is 4.74 Å². The second-order valence-corrected chi connectivity index (χ2v) is 6.08. The minimum Gasteiger partial charge on any atom is -0.463 e. The molecule has 0 unspecified atom stereocenters. The number of nitro groups is 1. The molecule has 0 bridgehead atoms. The lowest BCUT2D eigenvalue weighted by Gasteiger charge is -2.17. The summed E-state index contributed by atoms with van der Waals surface area (Å²) in [6, 6.07) is 12.5. The van der Waals surface area contributed by atoms with Gasteiger partial charge < -0.3 is 14.8 Å². The van der Waals surface area contributed by atoms with Crippen molar-refractivity contribution in [2.45, 2.75) is 20.0 Å². The van der Waals surface area contributed by atoms with Crippen LogP contribution in [0.5, 0.6) is 0 Å². The van der Waals surface area contributed by atoms with Gasteiger partial charge in [-0.25, -0.2) is 9.59 Å². The Hall–Kier alpha value is -4.01. The van der Waals surface area contributed by atoms with Crippen LogP contribution in [0.4, 0.5) is 11.4 Å². The number of anilines is 1. The third-order valence-electron chi connectivity index (χ3n) is 3.82. The quantitative estimate of drug-likeness (QED) is 0.305. The van der Waals surface area contributed by atoms with Crippen LogP contribution in [0, 0.1) is 17.0 Å².